The van der Waals surface area contributed by atoms with E-state index in [0.717, 1.165) is 0 Å². The highest BCUT2D eigenvalue weighted by atomic mass is 31.2. The Bertz CT molecular complexity index is 2190. The summed E-state index contributed by atoms with van der Waals surface area (Å²) >= 11 is 0. The first-order valence-electron chi connectivity index (χ1n) is 22.2. The summed E-state index contributed by atoms with van der Waals surface area (Å²) in [5.41, 5.74) is 5.92. The smallest absolute Gasteiger partial charge is 0.469 e. The largest absolute Gasteiger partial charge is 0.481 e. The third-order valence-electron chi connectivity index (χ3n) is 9.85. The molecule has 0 aliphatic carbocycles. The summed E-state index contributed by atoms with van der Waals surface area (Å²) in [6, 6.07) is -6.37. The van der Waals surface area contributed by atoms with E-state index in [-0.39, 0.29) is 18.8 Å². The van der Waals surface area contributed by atoms with Crippen LogP contribution < -0.4 is 43.0 Å². The van der Waals surface area contributed by atoms with Crippen LogP contribution in [0.5, 0.6) is 0 Å². The van der Waals surface area contributed by atoms with Gasteiger partial charge in [-0.1, -0.05) is 58.0 Å². The van der Waals surface area contributed by atoms with E-state index in [0.29, 0.717) is 11.8 Å². The Morgan fingerprint density at radius 3 is 1.38 bits per heavy atom. The Morgan fingerprint density at radius 1 is 0.534 bits per heavy atom. The number of hydrogen-bond donors (Lipinski definition) is 15. The topological polar surface area (TPSA) is 492 Å². The van der Waals surface area contributed by atoms with Gasteiger partial charge in [-0.05, 0) is 43.1 Å². The summed E-state index contributed by atoms with van der Waals surface area (Å²) in [4.78, 5) is 179. The van der Waals surface area contributed by atoms with Crippen LogP contribution in [0.3, 0.4) is 0 Å². The maximum Gasteiger partial charge on any atom is 0.469 e. The molecular formula is C41H64N8O22P2. The lowest BCUT2D eigenvalue weighted by Crippen LogP contribution is -2.61. The van der Waals surface area contributed by atoms with Gasteiger partial charge in [-0.15, -0.1) is 0 Å². The molecule has 8 atom stereocenters. The summed E-state index contributed by atoms with van der Waals surface area (Å²) in [5.74, 6) is -13.6. The predicted molar refractivity (Wildman–Crippen MR) is 249 cm³/mol. The molecule has 1 aromatic rings. The zero-order valence-electron chi connectivity index (χ0n) is 40.0. The van der Waals surface area contributed by atoms with Crippen molar-refractivity contribution in [3.8, 4) is 0 Å². The number of nitrogens with two attached hydrogens (primary N) is 1. The van der Waals surface area contributed by atoms with Gasteiger partial charge in [-0.2, -0.15) is 0 Å². The van der Waals surface area contributed by atoms with Crippen LogP contribution in [0.2, 0.25) is 0 Å². The molecule has 0 unspecified atom stereocenters. The molecule has 0 aliphatic rings. The molecule has 73 heavy (non-hydrogen) atoms. The van der Waals surface area contributed by atoms with Gasteiger partial charge in [0.25, 0.3) is 0 Å². The number of hydrogen-bond acceptors (Lipinski definition) is 16. The molecule has 0 spiro atoms. The van der Waals surface area contributed by atoms with Crippen LogP contribution in [-0.2, 0) is 77.3 Å². The quantitative estimate of drug-likeness (QED) is 0.0233. The lowest BCUT2D eigenvalue weighted by atomic mass is 10.0. The number of carbonyl (C=O) groups is 11. The number of carboxylic acid groups (broad SMARTS) is 3. The number of aldehydes is 1. The van der Waals surface area contributed by atoms with Gasteiger partial charge in [0.05, 0.1) is 25.7 Å². The normalized spacial score (nSPS) is 14.9. The van der Waals surface area contributed by atoms with Crippen molar-refractivity contribution in [2.24, 2.45) is 17.6 Å². The number of phosphoric acid groups is 2. The maximum absolute atomic E-state index is 14.1. The van der Waals surface area contributed by atoms with Crippen molar-refractivity contribution in [3.63, 3.8) is 0 Å². The zero-order chi connectivity index (χ0) is 55.8. The molecule has 0 saturated carbocycles. The van der Waals surface area contributed by atoms with Crippen molar-refractivity contribution < 1.29 is 106 Å². The Balaban J connectivity index is 3.62. The molecule has 0 saturated heterocycles. The van der Waals surface area contributed by atoms with E-state index in [9.17, 15) is 87.0 Å². The van der Waals surface area contributed by atoms with Crippen molar-refractivity contribution >= 4 is 81.2 Å². The number of benzene rings is 1. The third-order valence-corrected chi connectivity index (χ3v) is 10.8. The summed E-state index contributed by atoms with van der Waals surface area (Å²) in [6.45, 7) is 4.34. The first-order chi connectivity index (χ1) is 33.8. The SMILES string of the molecule is CC(C)C[C@@H](C=O)NC(=O)[C@H](CC(=O)O)NC(=O)[C@H](CC(C)C)NC(=O)[C@H](CCC(=O)O)NC(=O)[C@H](CCC(=O)O)NC(=O)[C@H](Cc1ccccc1)NC(=O)[C@H](COP(=O)(O)O)NC(=O)[C@@H](N)COP(=O)(O)O. The van der Waals surface area contributed by atoms with Crippen molar-refractivity contribution in [1.82, 2.24) is 37.2 Å². The van der Waals surface area contributed by atoms with Crippen molar-refractivity contribution in [2.75, 3.05) is 13.2 Å². The minimum Gasteiger partial charge on any atom is -0.481 e. The Morgan fingerprint density at radius 2 is 0.932 bits per heavy atom. The summed E-state index contributed by atoms with van der Waals surface area (Å²) in [6.07, 6.45) is -3.99. The van der Waals surface area contributed by atoms with Crippen molar-refractivity contribution in [1.29, 1.82) is 0 Å². The van der Waals surface area contributed by atoms with Crippen molar-refractivity contribution in [3.05, 3.63) is 35.9 Å². The van der Waals surface area contributed by atoms with Gasteiger partial charge in [-0.25, -0.2) is 9.13 Å². The third kappa shape index (κ3) is 28.0. The molecule has 32 heteroatoms. The molecular weight excluding hydrogens is 1020 g/mol. The maximum atomic E-state index is 14.1. The van der Waals surface area contributed by atoms with Gasteiger partial charge >= 0.3 is 33.6 Å². The summed E-state index contributed by atoms with van der Waals surface area (Å²) < 4.78 is 31.2. The Kier molecular flexibility index (Phi) is 27.8. The molecule has 0 heterocycles. The molecule has 0 aromatic heterocycles. The molecule has 0 fully saturated rings. The Hall–Kier alpha value is -6.23. The number of carboxylic acids is 3. The monoisotopic (exact) mass is 1080 g/mol. The van der Waals surface area contributed by atoms with Crippen LogP contribution in [0.1, 0.15) is 78.2 Å². The molecule has 410 valence electrons. The molecule has 0 radical (unpaired) electrons. The first-order valence-corrected chi connectivity index (χ1v) is 25.3. The van der Waals surface area contributed by atoms with Gasteiger partial charge in [-0.3, -0.25) is 57.0 Å². The fourth-order valence-corrected chi connectivity index (χ4v) is 7.10. The van der Waals surface area contributed by atoms with Crippen LogP contribution in [0.15, 0.2) is 30.3 Å². The van der Waals surface area contributed by atoms with Crippen LogP contribution in [0.25, 0.3) is 0 Å². The second-order valence-corrected chi connectivity index (χ2v) is 19.7. The predicted octanol–water partition coefficient (Wildman–Crippen LogP) is -3.34. The van der Waals surface area contributed by atoms with Crippen LogP contribution in [0.4, 0.5) is 0 Å². The van der Waals surface area contributed by atoms with E-state index in [4.69, 9.17) is 15.5 Å². The van der Waals surface area contributed by atoms with E-state index >= 15 is 0 Å². The summed E-state index contributed by atoms with van der Waals surface area (Å²) in [5, 5.41) is 44.2. The number of phosphoric ester groups is 2. The molecule has 0 bridgehead atoms. The van der Waals surface area contributed by atoms with Gasteiger partial charge in [0.15, 0.2) is 0 Å². The number of rotatable bonds is 35. The van der Waals surface area contributed by atoms with E-state index in [1.807, 2.05) is 5.32 Å². The van der Waals surface area contributed by atoms with Gasteiger partial charge in [0.2, 0.25) is 41.4 Å². The number of amides is 7. The van der Waals surface area contributed by atoms with Crippen LogP contribution in [0, 0.1) is 11.8 Å². The highest BCUT2D eigenvalue weighted by Gasteiger charge is 2.36. The molecule has 7 amide bonds. The van der Waals surface area contributed by atoms with Crippen LogP contribution >= 0.6 is 15.6 Å². The molecule has 1 aromatic carbocycles. The second kappa shape index (κ2) is 31.4. The Labute approximate surface area is 417 Å². The lowest BCUT2D eigenvalue weighted by molar-refractivity contribution is -0.141. The van der Waals surface area contributed by atoms with E-state index in [1.165, 1.54) is 24.3 Å². The fourth-order valence-electron chi connectivity index (χ4n) is 6.41. The zero-order valence-corrected chi connectivity index (χ0v) is 41.8. The fraction of sp³-hybridized carbons (Fsp3) is 0.585. The number of aliphatic carboxylic acids is 3. The number of nitrogens with one attached hydrogen (secondary N) is 7. The second-order valence-electron chi connectivity index (χ2n) is 17.2. The molecule has 1 rings (SSSR count). The summed E-state index contributed by atoms with van der Waals surface area (Å²) in [7, 11) is -10.5. The van der Waals surface area contributed by atoms with E-state index < -0.39 is 181 Å². The first kappa shape index (κ1) is 64.8. The molecule has 0 aliphatic heterocycles. The average Bonchev–Trinajstić information content (AvgIpc) is 3.27. The van der Waals surface area contributed by atoms with Gasteiger partial charge in [0, 0.05) is 19.3 Å². The average molecular weight is 1080 g/mol. The van der Waals surface area contributed by atoms with Crippen LogP contribution in [-0.4, -0.2) is 162 Å². The minimum atomic E-state index is -5.37. The van der Waals surface area contributed by atoms with E-state index in [1.54, 1.807) is 33.8 Å². The highest BCUT2D eigenvalue weighted by molar-refractivity contribution is 7.46. The van der Waals surface area contributed by atoms with E-state index in [2.05, 4.69) is 40.9 Å². The molecule has 16 N–H and O–H groups in total. The van der Waals surface area contributed by atoms with Crippen molar-refractivity contribution in [2.45, 2.75) is 127 Å². The highest BCUT2D eigenvalue weighted by Crippen LogP contribution is 2.36. The standard InChI is InChI=1S/C41H64N8O22P2/c1-21(2)14-24(18-50)43-38(60)30(17-34(55)56)48-39(61)28(15-22(3)4)46-37(59)27(11-13-33(53)54)44-36(58)26(10-12-32(51)52)45-40(62)29(16-23-8-6-5-7-9-23)47-41(63)31(20-71-73(67,68)69)49-35(57)25(42)19-70-72(64,65)66/h5-9,18,21-22,24-31H,10-17,19-20,42H2,1-4H3,(H,43,60)(H,44,58)(H,45,62)(H,46,59)(H,47,63)(H,48,61)(H,49,57)(H,51,52)(H,53,54)(H,55,56)(H2,64,65,66)(H2,67,68,69)/t24-,25-,26-,27-,28-,29-,30-,31-/m0/s1. The minimum absolute atomic E-state index is 0.0769. The molecule has 30 nitrogen and oxygen atoms in total. The van der Waals surface area contributed by atoms with Gasteiger partial charge in [0.1, 0.15) is 48.6 Å². The van der Waals surface area contributed by atoms with Gasteiger partial charge < -0.3 is 82.6 Å². The number of carbonyl (C=O) groups excluding carboxylic acids is 8. The lowest BCUT2D eigenvalue weighted by Gasteiger charge is -2.28.